The van der Waals surface area contributed by atoms with E-state index in [0.717, 1.165) is 52.0 Å². The lowest BCUT2D eigenvalue weighted by Crippen LogP contribution is -2.45. The molecule has 2 aliphatic heterocycles. The summed E-state index contributed by atoms with van der Waals surface area (Å²) in [5.74, 6) is 0.318. The Morgan fingerprint density at radius 3 is 2.31 bits per heavy atom. The summed E-state index contributed by atoms with van der Waals surface area (Å²) in [6, 6.07) is 5.56. The molecule has 9 heteroatoms. The van der Waals surface area contributed by atoms with Crippen molar-refractivity contribution in [2.24, 2.45) is 5.92 Å². The van der Waals surface area contributed by atoms with E-state index in [1.54, 1.807) is 0 Å². The van der Waals surface area contributed by atoms with Gasteiger partial charge in [-0.05, 0) is 56.8 Å². The number of hydrogen-bond donors (Lipinski definition) is 1. The van der Waals surface area contributed by atoms with Crippen LogP contribution in [-0.2, 0) is 14.8 Å². The van der Waals surface area contributed by atoms with E-state index in [-0.39, 0.29) is 10.6 Å². The summed E-state index contributed by atoms with van der Waals surface area (Å²) in [6.45, 7) is 4.06. The maximum absolute atomic E-state index is 12.4. The minimum absolute atomic E-state index is 0.0581. The van der Waals surface area contributed by atoms with E-state index >= 15 is 0 Å². The van der Waals surface area contributed by atoms with Gasteiger partial charge < -0.3 is 9.64 Å². The molecule has 0 aliphatic carbocycles. The van der Waals surface area contributed by atoms with Gasteiger partial charge in [-0.3, -0.25) is 10.1 Å². The Morgan fingerprint density at radius 2 is 1.73 bits per heavy atom. The number of hydrogen-bond acceptors (Lipinski definition) is 6. The van der Waals surface area contributed by atoms with Gasteiger partial charge in [0.25, 0.3) is 5.69 Å². The molecule has 26 heavy (non-hydrogen) atoms. The topological polar surface area (TPSA) is 102 Å². The molecule has 0 saturated carbocycles. The van der Waals surface area contributed by atoms with Crippen molar-refractivity contribution in [1.82, 2.24) is 9.62 Å². The maximum Gasteiger partial charge on any atom is 0.269 e. The normalized spacial score (nSPS) is 20.9. The molecule has 0 atom stereocenters. The molecule has 8 nitrogen and oxygen atoms in total. The number of piperidine rings is 1. The Labute approximate surface area is 153 Å². The number of rotatable bonds is 6. The van der Waals surface area contributed by atoms with Crippen molar-refractivity contribution in [3.8, 4) is 0 Å². The minimum atomic E-state index is -3.64. The van der Waals surface area contributed by atoms with E-state index in [4.69, 9.17) is 4.74 Å². The van der Waals surface area contributed by atoms with Crippen molar-refractivity contribution >= 4 is 15.7 Å². The van der Waals surface area contributed by atoms with Crippen LogP contribution in [0.2, 0.25) is 0 Å². The number of nitrogens with one attached hydrogen (secondary N) is 1. The molecule has 0 unspecified atom stereocenters. The largest absolute Gasteiger partial charge is 0.381 e. The zero-order chi connectivity index (χ0) is 18.6. The van der Waals surface area contributed by atoms with E-state index in [1.807, 2.05) is 0 Å². The number of nitro benzene ring substituents is 1. The maximum atomic E-state index is 12.4. The Morgan fingerprint density at radius 1 is 1.12 bits per heavy atom. The van der Waals surface area contributed by atoms with Crippen LogP contribution in [0.5, 0.6) is 0 Å². The van der Waals surface area contributed by atoms with E-state index < -0.39 is 14.9 Å². The number of non-ortho nitro benzene ring substituents is 1. The van der Waals surface area contributed by atoms with Crippen LogP contribution in [0.4, 0.5) is 5.69 Å². The second-order valence-corrected chi connectivity index (χ2v) is 8.69. The van der Waals surface area contributed by atoms with Crippen LogP contribution in [0.3, 0.4) is 0 Å². The van der Waals surface area contributed by atoms with Gasteiger partial charge in [0.1, 0.15) is 0 Å². The van der Waals surface area contributed by atoms with Crippen LogP contribution >= 0.6 is 0 Å². The van der Waals surface area contributed by atoms with Gasteiger partial charge in [0.05, 0.1) is 9.82 Å². The molecule has 2 fully saturated rings. The lowest BCUT2D eigenvalue weighted by molar-refractivity contribution is -0.384. The van der Waals surface area contributed by atoms with Gasteiger partial charge in [-0.25, -0.2) is 13.1 Å². The average Bonchev–Trinajstić information content (AvgIpc) is 2.67. The smallest absolute Gasteiger partial charge is 0.269 e. The molecule has 0 aromatic heterocycles. The predicted octanol–water partition coefficient (Wildman–Crippen LogP) is 1.76. The third-order valence-electron chi connectivity index (χ3n) is 5.28. The van der Waals surface area contributed by atoms with Crippen molar-refractivity contribution in [1.29, 1.82) is 0 Å². The lowest BCUT2D eigenvalue weighted by atomic mass is 9.94. The van der Waals surface area contributed by atoms with Crippen LogP contribution in [0.1, 0.15) is 25.7 Å². The zero-order valence-corrected chi connectivity index (χ0v) is 15.5. The monoisotopic (exact) mass is 383 g/mol. The first-order chi connectivity index (χ1) is 12.5. The van der Waals surface area contributed by atoms with Gasteiger partial charge in [0.2, 0.25) is 10.0 Å². The van der Waals surface area contributed by atoms with Gasteiger partial charge in [-0.15, -0.1) is 0 Å². The van der Waals surface area contributed by atoms with Gasteiger partial charge in [0, 0.05) is 37.9 Å². The van der Waals surface area contributed by atoms with Crippen LogP contribution in [0, 0.1) is 16.0 Å². The highest BCUT2D eigenvalue weighted by molar-refractivity contribution is 7.89. The molecular weight excluding hydrogens is 358 g/mol. The summed E-state index contributed by atoms with van der Waals surface area (Å²) in [4.78, 5) is 12.7. The van der Waals surface area contributed by atoms with Crippen molar-refractivity contribution in [2.45, 2.75) is 36.6 Å². The quantitative estimate of drug-likeness (QED) is 0.593. The van der Waals surface area contributed by atoms with E-state index in [2.05, 4.69) is 9.62 Å². The number of nitro groups is 1. The standard InChI is InChI=1S/C17H25N3O5S/c21-20(22)16-1-3-17(4-2-16)26(23,24)18-13-14-5-9-19(10-6-14)15-7-11-25-12-8-15/h1-4,14-15,18H,5-13H2. The van der Waals surface area contributed by atoms with E-state index in [1.165, 1.54) is 24.3 Å². The van der Waals surface area contributed by atoms with E-state index in [0.29, 0.717) is 18.5 Å². The van der Waals surface area contributed by atoms with Crippen LogP contribution in [-0.4, -0.2) is 57.1 Å². The average molecular weight is 383 g/mol. The number of likely N-dealkylation sites (tertiary alicyclic amines) is 1. The number of ether oxygens (including phenoxy) is 1. The third kappa shape index (κ3) is 4.79. The molecule has 0 amide bonds. The SMILES string of the molecule is O=[N+]([O-])c1ccc(S(=O)(=O)NCC2CCN(C3CCOCC3)CC2)cc1. The van der Waals surface area contributed by atoms with Crippen LogP contribution in [0.25, 0.3) is 0 Å². The molecule has 3 rings (SSSR count). The fraction of sp³-hybridized carbons (Fsp3) is 0.647. The second-order valence-electron chi connectivity index (χ2n) is 6.93. The fourth-order valence-corrected chi connectivity index (χ4v) is 4.75. The van der Waals surface area contributed by atoms with Gasteiger partial charge in [0.15, 0.2) is 0 Å². The molecule has 2 saturated heterocycles. The fourth-order valence-electron chi connectivity index (χ4n) is 3.63. The third-order valence-corrected chi connectivity index (χ3v) is 6.72. The molecule has 1 aromatic carbocycles. The number of benzene rings is 1. The Bertz CT molecular complexity index is 708. The Kier molecular flexibility index (Phi) is 6.23. The van der Waals surface area contributed by atoms with Crippen molar-refractivity contribution in [3.05, 3.63) is 34.4 Å². The first-order valence-electron chi connectivity index (χ1n) is 9.01. The van der Waals surface area contributed by atoms with E-state index in [9.17, 15) is 18.5 Å². The zero-order valence-electron chi connectivity index (χ0n) is 14.7. The molecule has 1 aromatic rings. The van der Waals surface area contributed by atoms with Crippen molar-refractivity contribution in [3.63, 3.8) is 0 Å². The molecule has 0 bridgehead atoms. The first kappa shape index (κ1) is 19.2. The van der Waals surface area contributed by atoms with Gasteiger partial charge in [-0.1, -0.05) is 0 Å². The van der Waals surface area contributed by atoms with Crippen LogP contribution < -0.4 is 4.72 Å². The minimum Gasteiger partial charge on any atom is -0.381 e. The summed E-state index contributed by atoms with van der Waals surface area (Å²) in [5, 5.41) is 10.7. The highest BCUT2D eigenvalue weighted by Gasteiger charge is 2.27. The number of nitrogens with zero attached hydrogens (tertiary/aromatic N) is 2. The molecule has 144 valence electrons. The first-order valence-corrected chi connectivity index (χ1v) is 10.5. The van der Waals surface area contributed by atoms with Crippen LogP contribution in [0.15, 0.2) is 29.2 Å². The second kappa shape index (κ2) is 8.43. The summed E-state index contributed by atoms with van der Waals surface area (Å²) < 4.78 is 32.8. The van der Waals surface area contributed by atoms with Crippen molar-refractivity contribution in [2.75, 3.05) is 32.8 Å². The highest BCUT2D eigenvalue weighted by atomic mass is 32.2. The summed E-state index contributed by atoms with van der Waals surface area (Å²) in [5.41, 5.74) is -0.121. The lowest BCUT2D eigenvalue weighted by Gasteiger charge is -2.39. The summed E-state index contributed by atoms with van der Waals surface area (Å²) in [6.07, 6.45) is 4.11. The molecule has 1 N–H and O–H groups in total. The number of sulfonamides is 1. The van der Waals surface area contributed by atoms with Gasteiger partial charge in [-0.2, -0.15) is 0 Å². The van der Waals surface area contributed by atoms with Gasteiger partial charge >= 0.3 is 0 Å². The molecule has 0 spiro atoms. The Balaban J connectivity index is 1.48. The molecular formula is C17H25N3O5S. The molecule has 2 heterocycles. The molecule has 0 radical (unpaired) electrons. The predicted molar refractivity (Wildman–Crippen MR) is 96.4 cm³/mol. The molecule has 2 aliphatic rings. The van der Waals surface area contributed by atoms with Crippen molar-refractivity contribution < 1.29 is 18.1 Å². The Hall–Kier alpha value is -1.55. The summed E-state index contributed by atoms with van der Waals surface area (Å²) >= 11 is 0. The highest BCUT2D eigenvalue weighted by Crippen LogP contribution is 2.23. The summed E-state index contributed by atoms with van der Waals surface area (Å²) in [7, 11) is -3.64.